The van der Waals surface area contributed by atoms with Gasteiger partial charge in [0.15, 0.2) is 0 Å². The van der Waals surface area contributed by atoms with E-state index in [1.54, 1.807) is 11.8 Å². The average Bonchev–Trinajstić information content (AvgIpc) is 2.37. The number of halogens is 3. The zero-order valence-electron chi connectivity index (χ0n) is 10.8. The first-order chi connectivity index (χ1) is 9.29. The Morgan fingerprint density at radius 2 is 2.15 bits per heavy atom. The van der Waals surface area contributed by atoms with Gasteiger partial charge in [0.05, 0.1) is 23.8 Å². The van der Waals surface area contributed by atoms with E-state index in [2.05, 4.69) is 0 Å². The first-order valence-electron chi connectivity index (χ1n) is 6.10. The molecular formula is C13H14F3NO3. The first kappa shape index (κ1) is 14.6. The molecule has 0 radical (unpaired) electrons. The van der Waals surface area contributed by atoms with Gasteiger partial charge in [-0.15, -0.1) is 0 Å². The molecule has 1 heterocycles. The summed E-state index contributed by atoms with van der Waals surface area (Å²) in [5, 5.41) is 8.82. The van der Waals surface area contributed by atoms with Gasteiger partial charge in [0.2, 0.25) is 0 Å². The summed E-state index contributed by atoms with van der Waals surface area (Å²) in [6.07, 6.45) is -4.76. The molecule has 0 saturated carbocycles. The van der Waals surface area contributed by atoms with Gasteiger partial charge < -0.3 is 14.7 Å². The van der Waals surface area contributed by atoms with Crippen molar-refractivity contribution in [1.29, 1.82) is 0 Å². The van der Waals surface area contributed by atoms with Gasteiger partial charge in [-0.3, -0.25) is 0 Å². The molecule has 1 aromatic carbocycles. The first-order valence-corrected chi connectivity index (χ1v) is 6.10. The quantitative estimate of drug-likeness (QED) is 0.909. The van der Waals surface area contributed by atoms with Gasteiger partial charge in [0.25, 0.3) is 0 Å². The number of hydrogen-bond acceptors (Lipinski definition) is 3. The Labute approximate surface area is 113 Å². The predicted molar refractivity (Wildman–Crippen MR) is 66.0 cm³/mol. The molecular weight excluding hydrogens is 275 g/mol. The molecule has 1 aliphatic heterocycles. The molecule has 1 unspecified atom stereocenters. The van der Waals surface area contributed by atoms with Crippen LogP contribution in [0.1, 0.15) is 22.8 Å². The third-order valence-corrected chi connectivity index (χ3v) is 3.13. The SMILES string of the molecule is CC1CN(c2ccc(C(=O)O)cc2C(F)(F)F)CCO1. The summed E-state index contributed by atoms with van der Waals surface area (Å²) in [6.45, 7) is 2.82. The standard InChI is InChI=1S/C13H14F3NO3/c1-8-7-17(4-5-20-8)11-3-2-9(12(18)19)6-10(11)13(14,15)16/h2-3,6,8H,4-5,7H2,1H3,(H,18,19). The third kappa shape index (κ3) is 3.04. The summed E-state index contributed by atoms with van der Waals surface area (Å²) in [4.78, 5) is 12.4. The highest BCUT2D eigenvalue weighted by molar-refractivity contribution is 5.88. The molecule has 1 fully saturated rings. The topological polar surface area (TPSA) is 49.8 Å². The number of carboxylic acid groups (broad SMARTS) is 1. The van der Waals surface area contributed by atoms with Crippen molar-refractivity contribution in [2.24, 2.45) is 0 Å². The molecule has 1 atom stereocenters. The highest BCUT2D eigenvalue weighted by atomic mass is 19.4. The number of benzene rings is 1. The number of aromatic carboxylic acids is 1. The third-order valence-electron chi connectivity index (χ3n) is 3.13. The van der Waals surface area contributed by atoms with E-state index in [0.717, 1.165) is 0 Å². The van der Waals surface area contributed by atoms with Crippen LogP contribution in [0.4, 0.5) is 18.9 Å². The molecule has 0 aromatic heterocycles. The lowest BCUT2D eigenvalue weighted by atomic mass is 10.1. The van der Waals surface area contributed by atoms with Crippen LogP contribution in [0.25, 0.3) is 0 Å². The lowest BCUT2D eigenvalue weighted by molar-refractivity contribution is -0.137. The number of nitrogens with zero attached hydrogens (tertiary/aromatic N) is 1. The maximum Gasteiger partial charge on any atom is 0.418 e. The van der Waals surface area contributed by atoms with Crippen molar-refractivity contribution in [3.63, 3.8) is 0 Å². The maximum atomic E-state index is 13.1. The number of morpholine rings is 1. The van der Waals surface area contributed by atoms with Crippen molar-refractivity contribution < 1.29 is 27.8 Å². The van der Waals surface area contributed by atoms with E-state index in [4.69, 9.17) is 9.84 Å². The lowest BCUT2D eigenvalue weighted by Crippen LogP contribution is -2.42. The molecule has 1 aliphatic rings. The van der Waals surface area contributed by atoms with Gasteiger partial charge in [-0.1, -0.05) is 0 Å². The van der Waals surface area contributed by atoms with Crippen LogP contribution in [0.2, 0.25) is 0 Å². The highest BCUT2D eigenvalue weighted by Gasteiger charge is 2.36. The summed E-state index contributed by atoms with van der Waals surface area (Å²) >= 11 is 0. The monoisotopic (exact) mass is 289 g/mol. The predicted octanol–water partition coefficient (Wildman–Crippen LogP) is 2.63. The Morgan fingerprint density at radius 1 is 1.45 bits per heavy atom. The van der Waals surface area contributed by atoms with Crippen LogP contribution in [0.15, 0.2) is 18.2 Å². The van der Waals surface area contributed by atoms with Gasteiger partial charge >= 0.3 is 12.1 Å². The fraction of sp³-hybridized carbons (Fsp3) is 0.462. The van der Waals surface area contributed by atoms with Crippen LogP contribution in [-0.2, 0) is 10.9 Å². The Balaban J connectivity index is 2.43. The smallest absolute Gasteiger partial charge is 0.418 e. The zero-order valence-corrected chi connectivity index (χ0v) is 10.8. The number of hydrogen-bond donors (Lipinski definition) is 1. The molecule has 1 aromatic rings. The van der Waals surface area contributed by atoms with Gasteiger partial charge in [-0.2, -0.15) is 13.2 Å². The summed E-state index contributed by atoms with van der Waals surface area (Å²) in [7, 11) is 0. The van der Waals surface area contributed by atoms with Gasteiger partial charge in [-0.05, 0) is 25.1 Å². The molecule has 7 heteroatoms. The molecule has 1 saturated heterocycles. The molecule has 110 valence electrons. The largest absolute Gasteiger partial charge is 0.478 e. The van der Waals surface area contributed by atoms with Crippen LogP contribution in [0, 0.1) is 0 Å². The maximum absolute atomic E-state index is 13.1. The van der Waals surface area contributed by atoms with E-state index in [0.29, 0.717) is 25.8 Å². The molecule has 2 rings (SSSR count). The normalized spacial score (nSPS) is 20.0. The minimum absolute atomic E-state index is 0.00218. The van der Waals surface area contributed by atoms with E-state index in [9.17, 15) is 18.0 Å². The van der Waals surface area contributed by atoms with Crippen LogP contribution in [-0.4, -0.2) is 36.9 Å². The molecule has 0 spiro atoms. The summed E-state index contributed by atoms with van der Waals surface area (Å²) in [5.74, 6) is -1.38. The van der Waals surface area contributed by atoms with Crippen LogP contribution >= 0.6 is 0 Å². The molecule has 4 nitrogen and oxygen atoms in total. The summed E-state index contributed by atoms with van der Waals surface area (Å²) in [6, 6.07) is 3.08. The van der Waals surface area contributed by atoms with Crippen molar-refractivity contribution >= 4 is 11.7 Å². The van der Waals surface area contributed by atoms with Crippen molar-refractivity contribution in [3.05, 3.63) is 29.3 Å². The molecule has 0 amide bonds. The Hall–Kier alpha value is -1.76. The summed E-state index contributed by atoms with van der Waals surface area (Å²) < 4.78 is 44.6. The average molecular weight is 289 g/mol. The fourth-order valence-electron chi connectivity index (χ4n) is 2.21. The van der Waals surface area contributed by atoms with Gasteiger partial charge in [0.1, 0.15) is 0 Å². The number of rotatable bonds is 2. The molecule has 0 aliphatic carbocycles. The Bertz CT molecular complexity index is 516. The van der Waals surface area contributed by atoms with E-state index in [1.165, 1.54) is 12.1 Å². The molecule has 20 heavy (non-hydrogen) atoms. The number of ether oxygens (including phenoxy) is 1. The van der Waals surface area contributed by atoms with E-state index >= 15 is 0 Å². The minimum atomic E-state index is -4.59. The van der Waals surface area contributed by atoms with Crippen LogP contribution in [0.3, 0.4) is 0 Å². The zero-order chi connectivity index (χ0) is 14.9. The fourth-order valence-corrected chi connectivity index (χ4v) is 2.21. The number of anilines is 1. The van der Waals surface area contributed by atoms with Crippen LogP contribution in [0.5, 0.6) is 0 Å². The molecule has 1 N–H and O–H groups in total. The second-order valence-corrected chi connectivity index (χ2v) is 4.66. The van der Waals surface area contributed by atoms with Crippen LogP contribution < -0.4 is 4.90 Å². The van der Waals surface area contributed by atoms with Crippen molar-refractivity contribution in [2.75, 3.05) is 24.6 Å². The van der Waals surface area contributed by atoms with Crippen molar-refractivity contribution in [3.8, 4) is 0 Å². The van der Waals surface area contributed by atoms with Gasteiger partial charge in [-0.25, -0.2) is 4.79 Å². The minimum Gasteiger partial charge on any atom is -0.478 e. The van der Waals surface area contributed by atoms with E-state index in [1.807, 2.05) is 0 Å². The summed E-state index contributed by atoms with van der Waals surface area (Å²) in [5.41, 5.74) is -1.30. The second kappa shape index (κ2) is 5.32. The molecule has 0 bridgehead atoms. The Kier molecular flexibility index (Phi) is 3.89. The van der Waals surface area contributed by atoms with Crippen molar-refractivity contribution in [2.45, 2.75) is 19.2 Å². The van der Waals surface area contributed by atoms with Crippen molar-refractivity contribution in [1.82, 2.24) is 0 Å². The Morgan fingerprint density at radius 3 is 2.70 bits per heavy atom. The van der Waals surface area contributed by atoms with E-state index in [-0.39, 0.29) is 17.4 Å². The van der Waals surface area contributed by atoms with E-state index < -0.39 is 17.7 Å². The highest BCUT2D eigenvalue weighted by Crippen LogP contribution is 2.37. The lowest BCUT2D eigenvalue weighted by Gasteiger charge is -2.34. The number of carboxylic acids is 1. The number of alkyl halides is 3. The van der Waals surface area contributed by atoms with Gasteiger partial charge in [0, 0.05) is 18.8 Å². The second-order valence-electron chi connectivity index (χ2n) is 4.66. The number of carbonyl (C=O) groups is 1.